The van der Waals surface area contributed by atoms with Crippen molar-refractivity contribution in [3.8, 4) is 0 Å². The molecule has 1 N–H and O–H groups in total. The van der Waals surface area contributed by atoms with E-state index in [0.717, 1.165) is 9.91 Å². The molecule has 1 aliphatic rings. The smallest absolute Gasteiger partial charge is 0.261 e. The minimum absolute atomic E-state index is 0.0816. The number of aromatic nitrogens is 1. The van der Waals surface area contributed by atoms with Crippen molar-refractivity contribution in [1.29, 1.82) is 0 Å². The average Bonchev–Trinajstić information content (AvgIpc) is 3.24. The lowest BCUT2D eigenvalue weighted by molar-refractivity contribution is 0.0642. The van der Waals surface area contributed by atoms with Crippen LogP contribution in [0.3, 0.4) is 0 Å². The molecule has 0 unspecified atom stereocenters. The molecule has 0 fully saturated rings. The van der Waals surface area contributed by atoms with Crippen LogP contribution >= 0.6 is 11.3 Å². The zero-order chi connectivity index (χ0) is 20.6. The average molecular weight is 428 g/mol. The molecule has 7 nitrogen and oxygen atoms in total. The van der Waals surface area contributed by atoms with E-state index in [1.165, 1.54) is 23.5 Å². The first kappa shape index (κ1) is 19.4. The van der Waals surface area contributed by atoms with Crippen molar-refractivity contribution in [1.82, 2.24) is 14.6 Å². The van der Waals surface area contributed by atoms with E-state index in [1.807, 2.05) is 12.3 Å². The van der Waals surface area contributed by atoms with Crippen molar-refractivity contribution in [2.45, 2.75) is 24.9 Å². The summed E-state index contributed by atoms with van der Waals surface area (Å²) in [5.74, 6) is -0.690. The molecule has 9 heteroatoms. The van der Waals surface area contributed by atoms with Gasteiger partial charge in [0.1, 0.15) is 0 Å². The van der Waals surface area contributed by atoms with Crippen LogP contribution in [0.15, 0.2) is 58.8 Å². The largest absolute Gasteiger partial charge is 0.270 e. The molecule has 2 amide bonds. The lowest BCUT2D eigenvalue weighted by atomic mass is 10.1. The molecule has 1 aliphatic heterocycles. The number of rotatable bonds is 6. The van der Waals surface area contributed by atoms with Gasteiger partial charge in [0.2, 0.25) is 10.0 Å². The molecule has 0 atom stereocenters. The van der Waals surface area contributed by atoms with Crippen molar-refractivity contribution in [3.05, 3.63) is 81.3 Å². The molecule has 0 radical (unpaired) electrons. The van der Waals surface area contributed by atoms with Gasteiger partial charge in [-0.15, -0.1) is 11.3 Å². The molecule has 0 saturated heterocycles. The van der Waals surface area contributed by atoms with E-state index in [0.29, 0.717) is 22.4 Å². The Bertz CT molecular complexity index is 1170. The number of benzene rings is 2. The second-order valence-electron chi connectivity index (χ2n) is 6.57. The van der Waals surface area contributed by atoms with Crippen LogP contribution in [-0.2, 0) is 23.1 Å². The summed E-state index contributed by atoms with van der Waals surface area (Å²) in [5, 5.41) is 2.68. The number of amides is 2. The minimum atomic E-state index is -3.69. The maximum Gasteiger partial charge on any atom is 0.261 e. The normalized spacial score (nSPS) is 13.8. The Kier molecular flexibility index (Phi) is 5.03. The van der Waals surface area contributed by atoms with Crippen LogP contribution in [0.1, 0.15) is 37.0 Å². The number of thiazole rings is 1. The number of aryl methyl sites for hydroxylation is 1. The zero-order valence-corrected chi connectivity index (χ0v) is 17.1. The molecule has 0 spiro atoms. The number of carbonyl (C=O) groups is 2. The lowest BCUT2D eigenvalue weighted by Gasteiger charge is -2.14. The van der Waals surface area contributed by atoms with Crippen molar-refractivity contribution >= 4 is 33.2 Å². The van der Waals surface area contributed by atoms with E-state index in [1.54, 1.807) is 36.4 Å². The highest BCUT2D eigenvalue weighted by atomic mass is 32.2. The Morgan fingerprint density at radius 3 is 2.17 bits per heavy atom. The van der Waals surface area contributed by atoms with Gasteiger partial charge in [0, 0.05) is 5.38 Å². The predicted octanol–water partition coefficient (Wildman–Crippen LogP) is 2.73. The molecule has 2 heterocycles. The molecule has 4 rings (SSSR count). The number of fused-ring (bicyclic) bond motifs is 1. The van der Waals surface area contributed by atoms with Gasteiger partial charge in [-0.2, -0.15) is 0 Å². The van der Waals surface area contributed by atoms with E-state index in [-0.39, 0.29) is 29.8 Å². The number of carbonyl (C=O) groups excluding carboxylic acids is 2. The molecule has 0 saturated carbocycles. The second kappa shape index (κ2) is 7.51. The van der Waals surface area contributed by atoms with Crippen LogP contribution < -0.4 is 4.72 Å². The molecule has 3 aromatic rings. The summed E-state index contributed by atoms with van der Waals surface area (Å²) in [4.78, 5) is 30.4. The Morgan fingerprint density at radius 1 is 1.00 bits per heavy atom. The summed E-state index contributed by atoms with van der Waals surface area (Å²) < 4.78 is 27.5. The fourth-order valence-corrected chi connectivity index (χ4v) is 4.69. The Morgan fingerprint density at radius 2 is 1.62 bits per heavy atom. The van der Waals surface area contributed by atoms with Crippen molar-refractivity contribution < 1.29 is 18.0 Å². The third kappa shape index (κ3) is 3.84. The summed E-state index contributed by atoms with van der Waals surface area (Å²) in [6, 6.07) is 12.8. The first-order valence-corrected chi connectivity index (χ1v) is 11.2. The third-order valence-electron chi connectivity index (χ3n) is 4.56. The van der Waals surface area contributed by atoms with Gasteiger partial charge < -0.3 is 0 Å². The maximum absolute atomic E-state index is 12.5. The highest BCUT2D eigenvalue weighted by molar-refractivity contribution is 7.89. The standard InChI is InChI=1S/C20H17N3O4S2/c1-13-22-15(12-28-13)10-21-29(26,27)16-8-6-14(7-9-16)11-23-19(24)17-4-2-3-5-18(17)20(23)25/h2-9,12,21H,10-11H2,1H3. The van der Waals surface area contributed by atoms with Gasteiger partial charge in [0.05, 0.1) is 39.8 Å². The van der Waals surface area contributed by atoms with Crippen LogP contribution in [0.25, 0.3) is 0 Å². The number of hydrogen-bond acceptors (Lipinski definition) is 6. The van der Waals surface area contributed by atoms with Gasteiger partial charge >= 0.3 is 0 Å². The molecule has 0 bridgehead atoms. The van der Waals surface area contributed by atoms with E-state index < -0.39 is 10.0 Å². The summed E-state index contributed by atoms with van der Waals surface area (Å²) >= 11 is 1.46. The third-order valence-corrected chi connectivity index (χ3v) is 6.80. The molecule has 1 aromatic heterocycles. The second-order valence-corrected chi connectivity index (χ2v) is 9.40. The molecule has 148 valence electrons. The Labute approximate surface area is 172 Å². The summed E-state index contributed by atoms with van der Waals surface area (Å²) in [6.45, 7) is 2.05. The topological polar surface area (TPSA) is 96.4 Å². The summed E-state index contributed by atoms with van der Waals surface area (Å²) in [5.41, 5.74) is 2.10. The van der Waals surface area contributed by atoms with E-state index in [4.69, 9.17) is 0 Å². The molecule has 2 aromatic carbocycles. The quantitative estimate of drug-likeness (QED) is 0.610. The van der Waals surface area contributed by atoms with E-state index in [2.05, 4.69) is 9.71 Å². The van der Waals surface area contributed by atoms with Crippen LogP contribution in [0.4, 0.5) is 0 Å². The monoisotopic (exact) mass is 427 g/mol. The molecule has 29 heavy (non-hydrogen) atoms. The summed E-state index contributed by atoms with van der Waals surface area (Å²) in [7, 11) is -3.69. The van der Waals surface area contributed by atoms with Gasteiger partial charge in [-0.25, -0.2) is 18.1 Å². The number of sulfonamides is 1. The fraction of sp³-hybridized carbons (Fsp3) is 0.150. The Balaban J connectivity index is 1.45. The van der Waals surface area contributed by atoms with Crippen molar-refractivity contribution in [2.24, 2.45) is 0 Å². The van der Waals surface area contributed by atoms with Crippen LogP contribution in [0.5, 0.6) is 0 Å². The van der Waals surface area contributed by atoms with Gasteiger partial charge in [-0.1, -0.05) is 24.3 Å². The van der Waals surface area contributed by atoms with E-state index >= 15 is 0 Å². The highest BCUT2D eigenvalue weighted by Gasteiger charge is 2.34. The Hall–Kier alpha value is -2.88. The number of imide groups is 1. The highest BCUT2D eigenvalue weighted by Crippen LogP contribution is 2.24. The lowest BCUT2D eigenvalue weighted by Crippen LogP contribution is -2.29. The van der Waals surface area contributed by atoms with E-state index in [9.17, 15) is 18.0 Å². The van der Waals surface area contributed by atoms with Crippen molar-refractivity contribution in [3.63, 3.8) is 0 Å². The van der Waals surface area contributed by atoms with Gasteiger partial charge in [0.25, 0.3) is 11.8 Å². The molecular formula is C20H17N3O4S2. The molecular weight excluding hydrogens is 410 g/mol. The maximum atomic E-state index is 12.5. The fourth-order valence-electron chi connectivity index (χ4n) is 3.08. The van der Waals surface area contributed by atoms with Crippen LogP contribution in [-0.4, -0.2) is 30.1 Å². The first-order valence-electron chi connectivity index (χ1n) is 8.80. The number of nitrogens with zero attached hydrogens (tertiary/aromatic N) is 2. The minimum Gasteiger partial charge on any atom is -0.270 e. The number of nitrogens with one attached hydrogen (secondary N) is 1. The molecule has 0 aliphatic carbocycles. The zero-order valence-electron chi connectivity index (χ0n) is 15.5. The van der Waals surface area contributed by atoms with Gasteiger partial charge in [-0.05, 0) is 36.8 Å². The van der Waals surface area contributed by atoms with Crippen LogP contribution in [0, 0.1) is 6.92 Å². The van der Waals surface area contributed by atoms with Gasteiger partial charge in [-0.3, -0.25) is 14.5 Å². The number of hydrogen-bond donors (Lipinski definition) is 1. The van der Waals surface area contributed by atoms with Crippen LogP contribution in [0.2, 0.25) is 0 Å². The first-order chi connectivity index (χ1) is 13.8. The van der Waals surface area contributed by atoms with Crippen molar-refractivity contribution in [2.75, 3.05) is 0 Å². The van der Waals surface area contributed by atoms with Gasteiger partial charge in [0.15, 0.2) is 0 Å². The summed E-state index contributed by atoms with van der Waals surface area (Å²) in [6.07, 6.45) is 0. The SMILES string of the molecule is Cc1nc(CNS(=O)(=O)c2ccc(CN3C(=O)c4ccccc4C3=O)cc2)cs1. The predicted molar refractivity (Wildman–Crippen MR) is 108 cm³/mol.